The van der Waals surface area contributed by atoms with Gasteiger partial charge in [-0.25, -0.2) is 4.39 Å². The van der Waals surface area contributed by atoms with Crippen LogP contribution in [-0.4, -0.2) is 26.0 Å². The van der Waals surface area contributed by atoms with Crippen LogP contribution < -0.4 is 0 Å². The molecule has 2 aromatic carbocycles. The van der Waals surface area contributed by atoms with Crippen LogP contribution in [0.1, 0.15) is 33.2 Å². The third kappa shape index (κ3) is 3.15. The highest BCUT2D eigenvalue weighted by Gasteiger charge is 2.42. The summed E-state index contributed by atoms with van der Waals surface area (Å²) in [6.07, 6.45) is 3.39. The number of aromatic nitrogens is 3. The zero-order valence-corrected chi connectivity index (χ0v) is 16.5. The van der Waals surface area contributed by atoms with E-state index in [1.807, 2.05) is 24.3 Å². The topological polar surface area (TPSA) is 61.9 Å². The van der Waals surface area contributed by atoms with Gasteiger partial charge in [0.25, 0.3) is 5.91 Å². The molecule has 5 rings (SSSR count). The van der Waals surface area contributed by atoms with Crippen molar-refractivity contribution in [1.82, 2.24) is 20.1 Å². The normalized spacial score (nSPS) is 15.5. The van der Waals surface area contributed by atoms with E-state index in [1.165, 1.54) is 12.1 Å². The molecule has 1 N–H and O–H groups in total. The number of hydrogen-bond donors (Lipinski definition) is 1. The number of carbonyl (C=O) groups is 1. The molecule has 1 atom stereocenters. The van der Waals surface area contributed by atoms with Crippen LogP contribution in [0.3, 0.4) is 0 Å². The molecule has 1 aliphatic rings. The third-order valence-electron chi connectivity index (χ3n) is 5.27. The monoisotopic (exact) mass is 418 g/mol. The van der Waals surface area contributed by atoms with Crippen LogP contribution >= 0.6 is 11.6 Å². The average molecular weight is 419 g/mol. The number of hydrogen-bond acceptors (Lipinski definition) is 3. The predicted molar refractivity (Wildman–Crippen MR) is 111 cm³/mol. The van der Waals surface area contributed by atoms with E-state index in [9.17, 15) is 9.18 Å². The molecule has 0 fully saturated rings. The smallest absolute Gasteiger partial charge is 0.273 e. The first kappa shape index (κ1) is 18.5. The van der Waals surface area contributed by atoms with Gasteiger partial charge in [0.2, 0.25) is 0 Å². The molecule has 3 heterocycles. The van der Waals surface area contributed by atoms with E-state index in [2.05, 4.69) is 15.2 Å². The minimum Gasteiger partial charge on any atom is -0.322 e. The number of H-pyrrole nitrogens is 1. The molecule has 2 aromatic heterocycles. The highest BCUT2D eigenvalue weighted by Crippen LogP contribution is 2.43. The molecule has 0 saturated heterocycles. The molecule has 30 heavy (non-hydrogen) atoms. The van der Waals surface area contributed by atoms with Gasteiger partial charge >= 0.3 is 0 Å². The summed E-state index contributed by atoms with van der Waals surface area (Å²) in [6, 6.07) is 16.9. The minimum atomic E-state index is -0.398. The molecule has 4 aromatic rings. The lowest BCUT2D eigenvalue weighted by atomic mass is 9.96. The summed E-state index contributed by atoms with van der Waals surface area (Å²) in [6.45, 7) is 0.395. The van der Waals surface area contributed by atoms with Gasteiger partial charge in [-0.2, -0.15) is 5.10 Å². The van der Waals surface area contributed by atoms with Crippen molar-refractivity contribution in [1.29, 1.82) is 0 Å². The second-order valence-electron chi connectivity index (χ2n) is 7.11. The Morgan fingerprint density at radius 1 is 1.00 bits per heavy atom. The molecule has 0 saturated carbocycles. The molecule has 0 spiro atoms. The Kier molecular flexibility index (Phi) is 4.56. The number of nitrogens with zero attached hydrogens (tertiary/aromatic N) is 3. The van der Waals surface area contributed by atoms with E-state index in [0.717, 1.165) is 22.3 Å². The summed E-state index contributed by atoms with van der Waals surface area (Å²) >= 11 is 6.04. The van der Waals surface area contributed by atoms with Crippen LogP contribution in [0.5, 0.6) is 0 Å². The quantitative estimate of drug-likeness (QED) is 0.506. The Labute approximate surface area is 177 Å². The number of carbonyl (C=O) groups excluding carboxylic acids is 1. The number of fused-ring (bicyclic) bond motifs is 1. The van der Waals surface area contributed by atoms with E-state index >= 15 is 0 Å². The largest absolute Gasteiger partial charge is 0.322 e. The van der Waals surface area contributed by atoms with Crippen LogP contribution in [-0.2, 0) is 6.54 Å². The van der Waals surface area contributed by atoms with Gasteiger partial charge < -0.3 is 4.90 Å². The summed E-state index contributed by atoms with van der Waals surface area (Å²) in [7, 11) is 0. The first-order valence-electron chi connectivity index (χ1n) is 9.41. The van der Waals surface area contributed by atoms with Crippen molar-refractivity contribution in [2.24, 2.45) is 0 Å². The van der Waals surface area contributed by atoms with E-state index in [1.54, 1.807) is 41.6 Å². The maximum atomic E-state index is 13.6. The molecule has 1 aliphatic heterocycles. The third-order valence-corrected chi connectivity index (χ3v) is 5.52. The van der Waals surface area contributed by atoms with Gasteiger partial charge in [-0.15, -0.1) is 0 Å². The summed E-state index contributed by atoms with van der Waals surface area (Å²) in [5.41, 5.74) is 4.53. The van der Waals surface area contributed by atoms with Crippen LogP contribution in [0, 0.1) is 5.82 Å². The summed E-state index contributed by atoms with van der Waals surface area (Å²) in [5.74, 6) is -0.474. The van der Waals surface area contributed by atoms with E-state index in [0.29, 0.717) is 23.0 Å². The Hall–Kier alpha value is -3.51. The number of aromatic amines is 1. The number of rotatable bonds is 4. The number of amides is 1. The first-order chi connectivity index (χ1) is 14.6. The summed E-state index contributed by atoms with van der Waals surface area (Å²) in [5, 5.41) is 7.96. The highest BCUT2D eigenvalue weighted by molar-refractivity contribution is 6.30. The van der Waals surface area contributed by atoms with Gasteiger partial charge in [0.1, 0.15) is 11.5 Å². The summed E-state index contributed by atoms with van der Waals surface area (Å²) < 4.78 is 13.6. The Morgan fingerprint density at radius 2 is 1.70 bits per heavy atom. The minimum absolute atomic E-state index is 0.149. The van der Waals surface area contributed by atoms with Crippen molar-refractivity contribution in [2.45, 2.75) is 12.6 Å². The molecule has 148 valence electrons. The van der Waals surface area contributed by atoms with Crippen molar-refractivity contribution in [3.63, 3.8) is 0 Å². The standard InChI is InChI=1S/C23H16ClFN4O/c24-17-5-1-15(2-6-17)20-19-21(28-27-20)23(30)29(13-14-9-11-26-12-10-14)22(19)16-3-7-18(25)8-4-16/h1-12,22H,13H2,(H,27,28). The number of halogens is 2. The predicted octanol–water partition coefficient (Wildman–Crippen LogP) is 5.01. The van der Waals surface area contributed by atoms with Crippen molar-refractivity contribution in [3.8, 4) is 11.3 Å². The Balaban J connectivity index is 1.64. The molecular formula is C23H16ClFN4O. The lowest BCUT2D eigenvalue weighted by Gasteiger charge is -2.26. The fraction of sp³-hybridized carbons (Fsp3) is 0.0870. The van der Waals surface area contributed by atoms with Crippen molar-refractivity contribution >= 4 is 17.5 Å². The molecular weight excluding hydrogens is 403 g/mol. The van der Waals surface area contributed by atoms with Gasteiger partial charge in [-0.05, 0) is 47.5 Å². The van der Waals surface area contributed by atoms with Gasteiger partial charge in [0.05, 0.1) is 11.7 Å². The summed E-state index contributed by atoms with van der Waals surface area (Å²) in [4.78, 5) is 19.1. The maximum Gasteiger partial charge on any atom is 0.273 e. The Bertz CT molecular complexity index is 1210. The zero-order valence-electron chi connectivity index (χ0n) is 15.7. The van der Waals surface area contributed by atoms with Crippen LogP contribution in [0.2, 0.25) is 5.02 Å². The zero-order chi connectivity index (χ0) is 20.7. The molecule has 0 radical (unpaired) electrons. The van der Waals surface area contributed by atoms with Gasteiger partial charge in [-0.1, -0.05) is 35.9 Å². The SMILES string of the molecule is O=C1c2[nH]nc(-c3ccc(Cl)cc3)c2C(c2ccc(F)cc2)N1Cc1ccncc1. The Morgan fingerprint density at radius 3 is 2.40 bits per heavy atom. The van der Waals surface area contributed by atoms with Crippen molar-refractivity contribution in [2.75, 3.05) is 0 Å². The number of nitrogens with one attached hydrogen (secondary N) is 1. The van der Waals surface area contributed by atoms with Crippen LogP contribution in [0.4, 0.5) is 4.39 Å². The molecule has 1 amide bonds. The second kappa shape index (κ2) is 7.39. The number of pyridine rings is 1. The average Bonchev–Trinajstić information content (AvgIpc) is 3.30. The lowest BCUT2D eigenvalue weighted by molar-refractivity contribution is 0.0730. The molecule has 5 nitrogen and oxygen atoms in total. The first-order valence-corrected chi connectivity index (χ1v) is 9.79. The van der Waals surface area contributed by atoms with Crippen molar-refractivity contribution < 1.29 is 9.18 Å². The molecule has 0 bridgehead atoms. The number of benzene rings is 2. The molecule has 7 heteroatoms. The molecule has 1 unspecified atom stereocenters. The maximum absolute atomic E-state index is 13.6. The van der Waals surface area contributed by atoms with Crippen LogP contribution in [0.25, 0.3) is 11.3 Å². The van der Waals surface area contributed by atoms with Gasteiger partial charge in [0.15, 0.2) is 0 Å². The fourth-order valence-corrected chi connectivity index (χ4v) is 3.99. The van der Waals surface area contributed by atoms with Gasteiger partial charge in [-0.3, -0.25) is 14.9 Å². The fourth-order valence-electron chi connectivity index (χ4n) is 3.86. The highest BCUT2D eigenvalue weighted by atomic mass is 35.5. The van der Waals surface area contributed by atoms with E-state index in [-0.39, 0.29) is 11.7 Å². The second-order valence-corrected chi connectivity index (χ2v) is 7.55. The van der Waals surface area contributed by atoms with Crippen molar-refractivity contribution in [3.05, 3.63) is 106 Å². The lowest BCUT2D eigenvalue weighted by Crippen LogP contribution is -2.29. The van der Waals surface area contributed by atoms with Crippen LogP contribution in [0.15, 0.2) is 73.1 Å². The molecule has 0 aliphatic carbocycles. The van der Waals surface area contributed by atoms with E-state index in [4.69, 9.17) is 11.6 Å². The van der Waals surface area contributed by atoms with E-state index < -0.39 is 6.04 Å². The van der Waals surface area contributed by atoms with Gasteiger partial charge in [0, 0.05) is 35.1 Å².